The minimum atomic E-state index is -3.80. The van der Waals surface area contributed by atoms with Crippen molar-refractivity contribution in [2.24, 2.45) is 0 Å². The molecule has 0 atom stereocenters. The van der Waals surface area contributed by atoms with E-state index in [0.717, 1.165) is 23.5 Å². The number of thiophene rings is 1. The lowest BCUT2D eigenvalue weighted by Crippen LogP contribution is -2.11. The summed E-state index contributed by atoms with van der Waals surface area (Å²) in [5, 5.41) is 2.68. The van der Waals surface area contributed by atoms with Crippen LogP contribution in [-0.2, 0) is 9.84 Å². The second kappa shape index (κ2) is 7.14. The molecule has 0 aliphatic heterocycles. The quantitative estimate of drug-likeness (QED) is 0.670. The van der Waals surface area contributed by atoms with Crippen LogP contribution in [0.4, 0.5) is 14.5 Å². The summed E-state index contributed by atoms with van der Waals surface area (Å²) in [4.78, 5) is 12.3. The largest absolute Gasteiger partial charge is 0.319 e. The van der Waals surface area contributed by atoms with Gasteiger partial charge in [0.1, 0.15) is 15.8 Å². The lowest BCUT2D eigenvalue weighted by atomic mass is 10.3. The lowest BCUT2D eigenvalue weighted by Gasteiger charge is -2.05. The molecule has 0 aliphatic rings. The number of carbonyl (C=O) groups excluding carboxylic acids is 1. The van der Waals surface area contributed by atoms with Gasteiger partial charge < -0.3 is 5.32 Å². The van der Waals surface area contributed by atoms with Gasteiger partial charge in [0.15, 0.2) is 0 Å². The molecule has 0 aliphatic carbocycles. The summed E-state index contributed by atoms with van der Waals surface area (Å²) >= 11 is 6.50. The van der Waals surface area contributed by atoms with Gasteiger partial charge in [0.2, 0.25) is 9.84 Å². The molecule has 0 saturated carbocycles. The van der Waals surface area contributed by atoms with E-state index in [1.54, 1.807) is 0 Å². The molecule has 4 nitrogen and oxygen atoms in total. The zero-order chi connectivity index (χ0) is 18.9. The Morgan fingerprint density at radius 3 is 2.35 bits per heavy atom. The highest BCUT2D eigenvalue weighted by Gasteiger charge is 2.22. The third-order valence-corrected chi connectivity index (χ3v) is 6.97. The van der Waals surface area contributed by atoms with Gasteiger partial charge in [-0.3, -0.25) is 4.79 Å². The molecule has 0 bridgehead atoms. The Hall–Kier alpha value is -2.29. The Bertz CT molecular complexity index is 1080. The maximum absolute atomic E-state index is 13.6. The summed E-state index contributed by atoms with van der Waals surface area (Å²) < 4.78 is 51.6. The SMILES string of the molecule is O=C(Nc1ccc(F)cc1F)c1ccc(S(=O)(=O)c2ccc(Cl)cc2)s1. The first-order valence-corrected chi connectivity index (χ1v) is 9.82. The number of halogens is 3. The molecule has 1 N–H and O–H groups in total. The van der Waals surface area contributed by atoms with Crippen LogP contribution in [0.5, 0.6) is 0 Å². The van der Waals surface area contributed by atoms with Crippen molar-refractivity contribution in [2.75, 3.05) is 5.32 Å². The summed E-state index contributed by atoms with van der Waals surface area (Å²) in [7, 11) is -3.80. The monoisotopic (exact) mass is 413 g/mol. The van der Waals surface area contributed by atoms with Crippen LogP contribution in [0.15, 0.2) is 63.7 Å². The van der Waals surface area contributed by atoms with Crippen molar-refractivity contribution in [1.82, 2.24) is 0 Å². The number of amides is 1. The molecule has 3 aromatic rings. The van der Waals surface area contributed by atoms with E-state index in [9.17, 15) is 22.0 Å². The van der Waals surface area contributed by atoms with E-state index >= 15 is 0 Å². The Morgan fingerprint density at radius 2 is 1.69 bits per heavy atom. The molecule has 0 radical (unpaired) electrons. The van der Waals surface area contributed by atoms with Gasteiger partial charge in [-0.1, -0.05) is 11.6 Å². The highest BCUT2D eigenvalue weighted by Crippen LogP contribution is 2.29. The summed E-state index contributed by atoms with van der Waals surface area (Å²) in [6.45, 7) is 0. The van der Waals surface area contributed by atoms with E-state index in [2.05, 4.69) is 5.32 Å². The topological polar surface area (TPSA) is 63.2 Å². The number of hydrogen-bond donors (Lipinski definition) is 1. The molecular weight excluding hydrogens is 404 g/mol. The average molecular weight is 414 g/mol. The van der Waals surface area contributed by atoms with Crippen LogP contribution in [-0.4, -0.2) is 14.3 Å². The zero-order valence-electron chi connectivity index (χ0n) is 12.9. The van der Waals surface area contributed by atoms with Crippen molar-refractivity contribution in [3.8, 4) is 0 Å². The predicted octanol–water partition coefficient (Wildman–Crippen LogP) is 4.76. The van der Waals surface area contributed by atoms with E-state index in [1.807, 2.05) is 0 Å². The summed E-state index contributed by atoms with van der Waals surface area (Å²) in [5.74, 6) is -2.39. The number of nitrogens with one attached hydrogen (secondary N) is 1. The van der Waals surface area contributed by atoms with Crippen LogP contribution in [0.3, 0.4) is 0 Å². The van der Waals surface area contributed by atoms with Crippen molar-refractivity contribution >= 4 is 44.4 Å². The molecule has 26 heavy (non-hydrogen) atoms. The molecule has 0 fully saturated rings. The third kappa shape index (κ3) is 3.77. The van der Waals surface area contributed by atoms with Crippen LogP contribution < -0.4 is 5.32 Å². The van der Waals surface area contributed by atoms with Crippen molar-refractivity contribution in [3.05, 3.63) is 76.1 Å². The first kappa shape index (κ1) is 18.5. The van der Waals surface area contributed by atoms with Crippen LogP contribution in [0.25, 0.3) is 0 Å². The van der Waals surface area contributed by atoms with Crippen LogP contribution in [0, 0.1) is 11.6 Å². The van der Waals surface area contributed by atoms with Gasteiger partial charge in [0, 0.05) is 11.1 Å². The third-order valence-electron chi connectivity index (χ3n) is 3.37. The molecular formula is C17H10ClF2NO3S2. The van der Waals surface area contributed by atoms with Crippen molar-refractivity contribution < 1.29 is 22.0 Å². The van der Waals surface area contributed by atoms with Gasteiger partial charge in [0.25, 0.3) is 5.91 Å². The van der Waals surface area contributed by atoms with E-state index in [4.69, 9.17) is 11.6 Å². The Labute approximate surface area is 157 Å². The molecule has 2 aromatic carbocycles. The molecule has 1 heterocycles. The van der Waals surface area contributed by atoms with E-state index in [-0.39, 0.29) is 19.7 Å². The van der Waals surface area contributed by atoms with Crippen LogP contribution in [0.2, 0.25) is 5.02 Å². The molecule has 0 saturated heterocycles. The lowest BCUT2D eigenvalue weighted by molar-refractivity contribution is 0.103. The van der Waals surface area contributed by atoms with Gasteiger partial charge in [-0.15, -0.1) is 11.3 Å². The minimum absolute atomic E-state index is 0.0375. The number of sulfone groups is 1. The Kier molecular flexibility index (Phi) is 5.08. The van der Waals surface area contributed by atoms with Crippen molar-refractivity contribution in [1.29, 1.82) is 0 Å². The molecule has 9 heteroatoms. The highest BCUT2D eigenvalue weighted by molar-refractivity contribution is 7.93. The maximum Gasteiger partial charge on any atom is 0.265 e. The molecule has 134 valence electrons. The first-order valence-electron chi connectivity index (χ1n) is 7.14. The zero-order valence-corrected chi connectivity index (χ0v) is 15.3. The van der Waals surface area contributed by atoms with Gasteiger partial charge in [-0.2, -0.15) is 0 Å². The number of hydrogen-bond acceptors (Lipinski definition) is 4. The number of anilines is 1. The van der Waals surface area contributed by atoms with Crippen LogP contribution in [0.1, 0.15) is 9.67 Å². The van der Waals surface area contributed by atoms with Crippen molar-refractivity contribution in [2.45, 2.75) is 9.10 Å². The van der Waals surface area contributed by atoms with Crippen molar-refractivity contribution in [3.63, 3.8) is 0 Å². The highest BCUT2D eigenvalue weighted by atomic mass is 35.5. The second-order valence-electron chi connectivity index (χ2n) is 5.15. The molecule has 3 rings (SSSR count). The molecule has 0 unspecified atom stereocenters. The standard InChI is InChI=1S/C17H10ClF2NO3S2/c18-10-1-4-12(5-2-10)26(23,24)16-8-7-15(25-16)17(22)21-14-6-3-11(19)9-13(14)20/h1-9H,(H,21,22). The summed E-state index contributed by atoms with van der Waals surface area (Å²) in [5.41, 5.74) is -0.202. The fourth-order valence-corrected chi connectivity index (χ4v) is 4.82. The van der Waals surface area contributed by atoms with Gasteiger partial charge in [-0.25, -0.2) is 17.2 Å². The average Bonchev–Trinajstić information content (AvgIpc) is 3.09. The van der Waals surface area contributed by atoms with Gasteiger partial charge >= 0.3 is 0 Å². The number of rotatable bonds is 4. The smallest absolute Gasteiger partial charge is 0.265 e. The predicted molar refractivity (Wildman–Crippen MR) is 95.5 cm³/mol. The molecule has 1 amide bonds. The first-order chi connectivity index (χ1) is 12.3. The fourth-order valence-electron chi connectivity index (χ4n) is 2.09. The summed E-state index contributed by atoms with van der Waals surface area (Å²) in [6.07, 6.45) is 0. The van der Waals surface area contributed by atoms with E-state index in [0.29, 0.717) is 11.1 Å². The summed E-state index contributed by atoms with van der Waals surface area (Å²) in [6, 6.07) is 11.0. The molecule has 1 aromatic heterocycles. The van der Waals surface area contributed by atoms with E-state index < -0.39 is 27.4 Å². The number of benzene rings is 2. The minimum Gasteiger partial charge on any atom is -0.319 e. The fraction of sp³-hybridized carbons (Fsp3) is 0. The van der Waals surface area contributed by atoms with Crippen LogP contribution >= 0.6 is 22.9 Å². The molecule has 0 spiro atoms. The second-order valence-corrected chi connectivity index (χ2v) is 8.85. The number of carbonyl (C=O) groups is 1. The van der Waals surface area contributed by atoms with Gasteiger partial charge in [0.05, 0.1) is 15.5 Å². The normalized spacial score (nSPS) is 11.3. The van der Waals surface area contributed by atoms with E-state index in [1.165, 1.54) is 36.4 Å². The Morgan fingerprint density at radius 1 is 1.00 bits per heavy atom. The maximum atomic E-state index is 13.6. The van der Waals surface area contributed by atoms with Gasteiger partial charge in [-0.05, 0) is 48.5 Å². The Balaban J connectivity index is 1.85.